The number of sulfonamides is 1. The average molecular weight is 316 g/mol. The molecule has 1 amide bonds. The Morgan fingerprint density at radius 1 is 1.24 bits per heavy atom. The lowest BCUT2D eigenvalue weighted by Gasteiger charge is -2.03. The first kappa shape index (κ1) is 17.7. The number of hydrogen-bond donors (Lipinski definition) is 2. The molecule has 0 atom stereocenters. The summed E-state index contributed by atoms with van der Waals surface area (Å²) in [5, 5.41) is 7.74. The highest BCUT2D eigenvalue weighted by molar-refractivity contribution is 7.89. The Morgan fingerprint density at radius 2 is 1.86 bits per heavy atom. The molecule has 21 heavy (non-hydrogen) atoms. The third kappa shape index (κ3) is 5.89. The van der Waals surface area contributed by atoms with Gasteiger partial charge < -0.3 is 9.73 Å². The first-order valence-corrected chi connectivity index (χ1v) is 8.82. The Bertz CT molecular complexity index is 564. The molecule has 0 bridgehead atoms. The maximum Gasteiger partial charge on any atom is 0.287 e. The molecule has 0 aliphatic carbocycles. The molecule has 1 aromatic rings. The van der Waals surface area contributed by atoms with E-state index in [4.69, 9.17) is 9.56 Å². The van der Waals surface area contributed by atoms with Crippen LogP contribution in [0.25, 0.3) is 0 Å². The molecule has 3 N–H and O–H groups in total. The van der Waals surface area contributed by atoms with Crippen LogP contribution in [0.5, 0.6) is 0 Å². The van der Waals surface area contributed by atoms with Crippen LogP contribution in [0.15, 0.2) is 15.4 Å². The van der Waals surface area contributed by atoms with Crippen LogP contribution in [-0.4, -0.2) is 20.9 Å². The van der Waals surface area contributed by atoms with Gasteiger partial charge in [-0.05, 0) is 13.3 Å². The van der Waals surface area contributed by atoms with Gasteiger partial charge in [-0.25, -0.2) is 13.6 Å². The van der Waals surface area contributed by atoms with E-state index in [-0.39, 0.29) is 16.4 Å². The zero-order valence-electron chi connectivity index (χ0n) is 12.6. The summed E-state index contributed by atoms with van der Waals surface area (Å²) in [5.74, 6) is -0.314. The van der Waals surface area contributed by atoms with E-state index < -0.39 is 15.9 Å². The normalized spacial score (nSPS) is 11.6. The van der Waals surface area contributed by atoms with Crippen LogP contribution in [0, 0.1) is 6.92 Å². The minimum atomic E-state index is -3.86. The highest BCUT2D eigenvalue weighted by Crippen LogP contribution is 2.18. The van der Waals surface area contributed by atoms with Gasteiger partial charge in [0.15, 0.2) is 5.76 Å². The lowest BCUT2D eigenvalue weighted by atomic mass is 10.1. The summed E-state index contributed by atoms with van der Waals surface area (Å²) in [6, 6.07) is 1.17. The molecule has 0 saturated heterocycles. The number of unbranched alkanes of at least 4 members (excludes halogenated alkanes) is 5. The number of rotatable bonds is 9. The Labute approximate surface area is 126 Å². The fourth-order valence-corrected chi connectivity index (χ4v) is 2.77. The minimum absolute atomic E-state index is 0.0255. The van der Waals surface area contributed by atoms with Crippen molar-refractivity contribution in [3.63, 3.8) is 0 Å². The molecule has 0 saturated carbocycles. The highest BCUT2D eigenvalue weighted by atomic mass is 32.2. The number of primary sulfonamides is 1. The van der Waals surface area contributed by atoms with E-state index in [2.05, 4.69) is 12.2 Å². The lowest BCUT2D eigenvalue weighted by Crippen LogP contribution is -2.24. The van der Waals surface area contributed by atoms with Crippen molar-refractivity contribution in [2.75, 3.05) is 6.54 Å². The summed E-state index contributed by atoms with van der Waals surface area (Å²) in [6.07, 6.45) is 6.81. The molecule has 0 aliphatic rings. The summed E-state index contributed by atoms with van der Waals surface area (Å²) >= 11 is 0. The second-order valence-corrected chi connectivity index (χ2v) is 6.63. The van der Waals surface area contributed by atoms with Crippen LogP contribution in [-0.2, 0) is 10.0 Å². The summed E-state index contributed by atoms with van der Waals surface area (Å²) in [5.41, 5.74) is 0. The van der Waals surface area contributed by atoms with Gasteiger partial charge in [0, 0.05) is 12.6 Å². The largest absolute Gasteiger partial charge is 0.455 e. The molecule has 0 spiro atoms. The topological polar surface area (TPSA) is 102 Å². The molecule has 0 aliphatic heterocycles. The van der Waals surface area contributed by atoms with Crippen molar-refractivity contribution >= 4 is 15.9 Å². The maximum absolute atomic E-state index is 11.8. The van der Waals surface area contributed by atoms with Crippen LogP contribution in [0.4, 0.5) is 0 Å². The van der Waals surface area contributed by atoms with E-state index in [9.17, 15) is 13.2 Å². The third-order valence-corrected chi connectivity index (χ3v) is 4.24. The molecular weight excluding hydrogens is 292 g/mol. The molecule has 0 fully saturated rings. The number of carbonyl (C=O) groups excluding carboxylic acids is 1. The zero-order chi connectivity index (χ0) is 15.9. The lowest BCUT2D eigenvalue weighted by molar-refractivity contribution is 0.0924. The fourth-order valence-electron chi connectivity index (χ4n) is 2.05. The number of nitrogens with two attached hydrogens (primary N) is 1. The summed E-state index contributed by atoms with van der Waals surface area (Å²) in [7, 11) is -3.86. The van der Waals surface area contributed by atoms with Crippen LogP contribution in [0.3, 0.4) is 0 Å². The van der Waals surface area contributed by atoms with Gasteiger partial charge >= 0.3 is 0 Å². The predicted octanol–water partition coefficient (Wildman–Crippen LogP) is 2.33. The van der Waals surface area contributed by atoms with Crippen molar-refractivity contribution in [3.05, 3.63) is 17.6 Å². The van der Waals surface area contributed by atoms with Crippen molar-refractivity contribution in [1.82, 2.24) is 5.32 Å². The number of furan rings is 1. The smallest absolute Gasteiger partial charge is 0.287 e. The van der Waals surface area contributed by atoms with Crippen LogP contribution >= 0.6 is 0 Å². The second-order valence-electron chi connectivity index (χ2n) is 5.10. The van der Waals surface area contributed by atoms with Gasteiger partial charge in [-0.15, -0.1) is 0 Å². The molecule has 0 radical (unpaired) electrons. The molecule has 7 heteroatoms. The van der Waals surface area contributed by atoms with Crippen LogP contribution < -0.4 is 10.5 Å². The Morgan fingerprint density at radius 3 is 2.43 bits per heavy atom. The standard InChI is InChI=1S/C14H24N2O4S/c1-3-4-5-6-7-8-9-16-14(17)12-10-13(11(2)20-12)21(15,18)19/h10H,3-9H2,1-2H3,(H,16,17)(H2,15,18,19). The van der Waals surface area contributed by atoms with E-state index in [1.54, 1.807) is 0 Å². The van der Waals surface area contributed by atoms with Crippen LogP contribution in [0.1, 0.15) is 61.8 Å². The molecule has 0 unspecified atom stereocenters. The first-order chi connectivity index (χ1) is 9.86. The van der Waals surface area contributed by atoms with E-state index in [1.807, 2.05) is 0 Å². The number of nitrogens with one attached hydrogen (secondary N) is 1. The van der Waals surface area contributed by atoms with Gasteiger partial charge in [-0.3, -0.25) is 4.79 Å². The number of aryl methyl sites for hydroxylation is 1. The van der Waals surface area contributed by atoms with Crippen molar-refractivity contribution < 1.29 is 17.6 Å². The zero-order valence-corrected chi connectivity index (χ0v) is 13.5. The van der Waals surface area contributed by atoms with Gasteiger partial charge in [-0.1, -0.05) is 39.0 Å². The van der Waals surface area contributed by atoms with Crippen LogP contribution in [0.2, 0.25) is 0 Å². The fraction of sp³-hybridized carbons (Fsp3) is 0.643. The van der Waals surface area contributed by atoms with Gasteiger partial charge in [0.1, 0.15) is 10.7 Å². The van der Waals surface area contributed by atoms with E-state index in [1.165, 1.54) is 38.7 Å². The SMILES string of the molecule is CCCCCCCCNC(=O)c1cc(S(N)(=O)=O)c(C)o1. The van der Waals surface area contributed by atoms with E-state index >= 15 is 0 Å². The van der Waals surface area contributed by atoms with Crippen molar-refractivity contribution in [2.45, 2.75) is 57.3 Å². The predicted molar refractivity (Wildman–Crippen MR) is 80.5 cm³/mol. The molecule has 1 aromatic heterocycles. The Balaban J connectivity index is 2.40. The maximum atomic E-state index is 11.8. The molecule has 1 rings (SSSR count). The van der Waals surface area contributed by atoms with E-state index in [0.29, 0.717) is 6.54 Å². The van der Waals surface area contributed by atoms with Gasteiger partial charge in [0.2, 0.25) is 10.0 Å². The van der Waals surface area contributed by atoms with E-state index in [0.717, 1.165) is 12.8 Å². The molecule has 0 aromatic carbocycles. The molecule has 6 nitrogen and oxygen atoms in total. The summed E-state index contributed by atoms with van der Waals surface area (Å²) < 4.78 is 27.7. The first-order valence-electron chi connectivity index (χ1n) is 7.27. The minimum Gasteiger partial charge on any atom is -0.455 e. The molecule has 120 valence electrons. The van der Waals surface area contributed by atoms with Crippen molar-refractivity contribution in [1.29, 1.82) is 0 Å². The Hall–Kier alpha value is -1.34. The van der Waals surface area contributed by atoms with Crippen molar-refractivity contribution in [3.8, 4) is 0 Å². The van der Waals surface area contributed by atoms with Gasteiger partial charge in [0.25, 0.3) is 5.91 Å². The number of hydrogen-bond acceptors (Lipinski definition) is 4. The van der Waals surface area contributed by atoms with Crippen molar-refractivity contribution in [2.24, 2.45) is 5.14 Å². The monoisotopic (exact) mass is 316 g/mol. The van der Waals surface area contributed by atoms with Gasteiger partial charge in [-0.2, -0.15) is 0 Å². The van der Waals surface area contributed by atoms with Gasteiger partial charge in [0.05, 0.1) is 0 Å². The molecule has 1 heterocycles. The second kappa shape index (κ2) is 8.19. The number of amides is 1. The average Bonchev–Trinajstić information content (AvgIpc) is 2.79. The highest BCUT2D eigenvalue weighted by Gasteiger charge is 2.20. The number of carbonyl (C=O) groups is 1. The summed E-state index contributed by atoms with van der Waals surface area (Å²) in [6.45, 7) is 4.18. The Kier molecular flexibility index (Phi) is 6.91. The molecular formula is C14H24N2O4S. The third-order valence-electron chi connectivity index (χ3n) is 3.22. The quantitative estimate of drug-likeness (QED) is 0.682. The summed E-state index contributed by atoms with van der Waals surface area (Å²) in [4.78, 5) is 11.7.